The summed E-state index contributed by atoms with van der Waals surface area (Å²) in [4.78, 5) is 21.9. The average Bonchev–Trinajstić information content (AvgIpc) is 2.64. The minimum atomic E-state index is -0.536. The standard InChI is InChI=1S/C11H15NO4/c1-8-3-4-9(16-8)5-6-12-10(13)7-11(14)15-2/h3-4H,5-7H2,1-2H3,(H,12,13). The highest BCUT2D eigenvalue weighted by Gasteiger charge is 2.08. The van der Waals surface area contributed by atoms with E-state index in [0.717, 1.165) is 11.5 Å². The summed E-state index contributed by atoms with van der Waals surface area (Å²) < 4.78 is 9.70. The molecule has 1 N–H and O–H groups in total. The molecule has 0 radical (unpaired) electrons. The van der Waals surface area contributed by atoms with Gasteiger partial charge in [0.1, 0.15) is 17.9 Å². The number of methoxy groups -OCH3 is 1. The molecule has 1 amide bonds. The summed E-state index contributed by atoms with van der Waals surface area (Å²) >= 11 is 0. The van der Waals surface area contributed by atoms with E-state index in [4.69, 9.17) is 4.42 Å². The minimum Gasteiger partial charge on any atom is -0.469 e. The van der Waals surface area contributed by atoms with E-state index in [2.05, 4.69) is 10.1 Å². The summed E-state index contributed by atoms with van der Waals surface area (Å²) in [6, 6.07) is 3.73. The molecule has 1 rings (SSSR count). The second-order valence-electron chi connectivity index (χ2n) is 3.37. The van der Waals surface area contributed by atoms with Crippen LogP contribution in [0.15, 0.2) is 16.5 Å². The Kier molecular flexibility index (Phi) is 4.57. The molecule has 0 atom stereocenters. The van der Waals surface area contributed by atoms with Crippen LogP contribution in [0, 0.1) is 6.92 Å². The zero-order valence-corrected chi connectivity index (χ0v) is 9.41. The number of ether oxygens (including phenoxy) is 1. The third kappa shape index (κ3) is 4.16. The Bertz CT molecular complexity index is 370. The molecule has 0 aromatic carbocycles. The summed E-state index contributed by atoms with van der Waals surface area (Å²) in [5, 5.41) is 2.61. The van der Waals surface area contributed by atoms with Gasteiger partial charge in [-0.3, -0.25) is 9.59 Å². The van der Waals surface area contributed by atoms with E-state index in [1.807, 2.05) is 19.1 Å². The van der Waals surface area contributed by atoms with Gasteiger partial charge < -0.3 is 14.5 Å². The van der Waals surface area contributed by atoms with Gasteiger partial charge in [0.15, 0.2) is 0 Å². The van der Waals surface area contributed by atoms with Crippen molar-refractivity contribution >= 4 is 11.9 Å². The second kappa shape index (κ2) is 5.95. The van der Waals surface area contributed by atoms with Crippen LogP contribution in [0.5, 0.6) is 0 Å². The van der Waals surface area contributed by atoms with Crippen molar-refractivity contribution in [2.24, 2.45) is 0 Å². The summed E-state index contributed by atoms with van der Waals surface area (Å²) in [5.74, 6) is 0.785. The van der Waals surface area contributed by atoms with Crippen LogP contribution >= 0.6 is 0 Å². The highest BCUT2D eigenvalue weighted by Crippen LogP contribution is 2.05. The fourth-order valence-electron chi connectivity index (χ4n) is 1.21. The molecule has 16 heavy (non-hydrogen) atoms. The number of amides is 1. The smallest absolute Gasteiger partial charge is 0.315 e. The summed E-state index contributed by atoms with van der Waals surface area (Å²) in [6.07, 6.45) is 0.369. The first kappa shape index (κ1) is 12.3. The lowest BCUT2D eigenvalue weighted by Crippen LogP contribution is -2.27. The molecule has 0 aliphatic heterocycles. The Morgan fingerprint density at radius 3 is 2.75 bits per heavy atom. The average molecular weight is 225 g/mol. The van der Waals surface area contributed by atoms with Gasteiger partial charge in [0.2, 0.25) is 5.91 Å². The highest BCUT2D eigenvalue weighted by atomic mass is 16.5. The predicted octanol–water partition coefficient (Wildman–Crippen LogP) is 0.810. The largest absolute Gasteiger partial charge is 0.469 e. The van der Waals surface area contributed by atoms with Crippen LogP contribution in [0.4, 0.5) is 0 Å². The number of carbonyl (C=O) groups is 2. The van der Waals surface area contributed by atoms with Gasteiger partial charge in [0, 0.05) is 13.0 Å². The van der Waals surface area contributed by atoms with E-state index in [9.17, 15) is 9.59 Å². The first-order valence-corrected chi connectivity index (χ1v) is 5.00. The number of aryl methyl sites for hydroxylation is 1. The van der Waals surface area contributed by atoms with Gasteiger partial charge in [-0.1, -0.05) is 0 Å². The summed E-state index contributed by atoms with van der Waals surface area (Å²) in [6.45, 7) is 2.31. The predicted molar refractivity (Wildman–Crippen MR) is 56.8 cm³/mol. The van der Waals surface area contributed by atoms with Crippen LogP contribution in [0.1, 0.15) is 17.9 Å². The number of nitrogens with one attached hydrogen (secondary N) is 1. The monoisotopic (exact) mass is 225 g/mol. The SMILES string of the molecule is COC(=O)CC(=O)NCCc1ccc(C)o1. The van der Waals surface area contributed by atoms with Gasteiger partial charge in [-0.15, -0.1) is 0 Å². The molecule has 0 bridgehead atoms. The van der Waals surface area contributed by atoms with Crippen LogP contribution in [-0.4, -0.2) is 25.5 Å². The van der Waals surface area contributed by atoms with Crippen LogP contribution in [0.3, 0.4) is 0 Å². The van der Waals surface area contributed by atoms with Crippen molar-refractivity contribution in [2.75, 3.05) is 13.7 Å². The molecule has 0 unspecified atom stereocenters. The molecule has 0 saturated carbocycles. The van der Waals surface area contributed by atoms with Crippen LogP contribution < -0.4 is 5.32 Å². The van der Waals surface area contributed by atoms with Crippen molar-refractivity contribution in [1.29, 1.82) is 0 Å². The Hall–Kier alpha value is -1.78. The molecule has 0 fully saturated rings. The molecular formula is C11H15NO4. The van der Waals surface area contributed by atoms with Gasteiger partial charge in [-0.05, 0) is 19.1 Å². The zero-order valence-electron chi connectivity index (χ0n) is 9.41. The Balaban J connectivity index is 2.20. The molecule has 1 aromatic heterocycles. The van der Waals surface area contributed by atoms with Crippen molar-refractivity contribution in [3.05, 3.63) is 23.7 Å². The maximum atomic E-state index is 11.2. The number of furan rings is 1. The molecule has 1 aromatic rings. The van der Waals surface area contributed by atoms with Crippen molar-refractivity contribution in [3.63, 3.8) is 0 Å². The van der Waals surface area contributed by atoms with E-state index >= 15 is 0 Å². The Labute approximate surface area is 93.8 Å². The van der Waals surface area contributed by atoms with E-state index < -0.39 is 5.97 Å². The first-order valence-electron chi connectivity index (χ1n) is 5.00. The van der Waals surface area contributed by atoms with Gasteiger partial charge in [-0.25, -0.2) is 0 Å². The number of esters is 1. The molecule has 0 aliphatic rings. The number of hydrogen-bond acceptors (Lipinski definition) is 4. The van der Waals surface area contributed by atoms with Crippen molar-refractivity contribution < 1.29 is 18.7 Å². The molecule has 0 aliphatic carbocycles. The molecular weight excluding hydrogens is 210 g/mol. The van der Waals surface area contributed by atoms with Crippen molar-refractivity contribution in [2.45, 2.75) is 19.8 Å². The molecule has 0 saturated heterocycles. The van der Waals surface area contributed by atoms with Crippen LogP contribution in [0.2, 0.25) is 0 Å². The van der Waals surface area contributed by atoms with Gasteiger partial charge in [0.05, 0.1) is 7.11 Å². The molecule has 0 spiro atoms. The maximum Gasteiger partial charge on any atom is 0.315 e. The first-order chi connectivity index (χ1) is 7.61. The topological polar surface area (TPSA) is 68.5 Å². The summed E-state index contributed by atoms with van der Waals surface area (Å²) in [5.41, 5.74) is 0. The minimum absolute atomic E-state index is 0.242. The molecule has 1 heterocycles. The molecule has 5 heteroatoms. The van der Waals surface area contributed by atoms with Gasteiger partial charge in [0.25, 0.3) is 0 Å². The highest BCUT2D eigenvalue weighted by molar-refractivity contribution is 5.94. The zero-order chi connectivity index (χ0) is 12.0. The van der Waals surface area contributed by atoms with Gasteiger partial charge in [-0.2, -0.15) is 0 Å². The second-order valence-corrected chi connectivity index (χ2v) is 3.37. The normalized spacial score (nSPS) is 9.88. The Morgan fingerprint density at radius 1 is 1.44 bits per heavy atom. The Morgan fingerprint density at radius 2 is 2.19 bits per heavy atom. The lowest BCUT2D eigenvalue weighted by Gasteiger charge is -2.02. The lowest BCUT2D eigenvalue weighted by molar-refractivity contribution is -0.143. The summed E-state index contributed by atoms with van der Waals surface area (Å²) in [7, 11) is 1.25. The van der Waals surface area contributed by atoms with E-state index in [0.29, 0.717) is 13.0 Å². The van der Waals surface area contributed by atoms with E-state index in [-0.39, 0.29) is 12.3 Å². The fraction of sp³-hybridized carbons (Fsp3) is 0.455. The van der Waals surface area contributed by atoms with Crippen molar-refractivity contribution in [1.82, 2.24) is 5.32 Å². The van der Waals surface area contributed by atoms with Crippen LogP contribution in [-0.2, 0) is 20.7 Å². The quantitative estimate of drug-likeness (QED) is 0.594. The molecule has 5 nitrogen and oxygen atoms in total. The number of hydrogen-bond donors (Lipinski definition) is 1. The van der Waals surface area contributed by atoms with Crippen molar-refractivity contribution in [3.8, 4) is 0 Å². The fourth-order valence-corrected chi connectivity index (χ4v) is 1.21. The van der Waals surface area contributed by atoms with E-state index in [1.165, 1.54) is 7.11 Å². The van der Waals surface area contributed by atoms with Gasteiger partial charge >= 0.3 is 5.97 Å². The van der Waals surface area contributed by atoms with E-state index in [1.54, 1.807) is 0 Å². The lowest BCUT2D eigenvalue weighted by atomic mass is 10.3. The maximum absolute atomic E-state index is 11.2. The third-order valence-electron chi connectivity index (χ3n) is 2.02. The molecule has 88 valence electrons. The number of rotatable bonds is 5. The van der Waals surface area contributed by atoms with Crippen LogP contribution in [0.25, 0.3) is 0 Å². The third-order valence-corrected chi connectivity index (χ3v) is 2.02. The number of carbonyl (C=O) groups excluding carboxylic acids is 2.